The molecule has 104 valence electrons. The zero-order chi connectivity index (χ0) is 13.9. The van der Waals surface area contributed by atoms with Gasteiger partial charge in [-0.25, -0.2) is 0 Å². The van der Waals surface area contributed by atoms with Crippen LogP contribution in [0.4, 0.5) is 0 Å². The van der Waals surface area contributed by atoms with Gasteiger partial charge in [-0.05, 0) is 47.0 Å². The van der Waals surface area contributed by atoms with Crippen molar-refractivity contribution >= 4 is 39.2 Å². The predicted octanol–water partition coefficient (Wildman–Crippen LogP) is 2.40. The zero-order valence-corrected chi connectivity index (χ0v) is 12.9. The molecule has 0 spiro atoms. The number of aromatic amines is 1. The summed E-state index contributed by atoms with van der Waals surface area (Å²) in [7, 11) is 0. The van der Waals surface area contributed by atoms with Crippen LogP contribution in [-0.4, -0.2) is 38.0 Å². The number of nitrogens with one attached hydrogen (secondary N) is 1. The van der Waals surface area contributed by atoms with Crippen LogP contribution in [0.15, 0.2) is 22.0 Å². The van der Waals surface area contributed by atoms with Crippen molar-refractivity contribution in [2.75, 3.05) is 6.54 Å². The topological polar surface area (TPSA) is 74.8 Å². The average Bonchev–Trinajstić information content (AvgIpc) is 3.16. The minimum absolute atomic E-state index is 0.0122. The van der Waals surface area contributed by atoms with Crippen molar-refractivity contribution in [3.63, 3.8) is 0 Å². The van der Waals surface area contributed by atoms with Crippen molar-refractivity contribution in [1.29, 1.82) is 0 Å². The smallest absolute Gasteiger partial charge is 0.247 e. The number of carbonyl (C=O) groups excluding carboxylic acids is 1. The SMILES string of the molecule is O=C(/C=C/c1ccc(Br)s1)N1CCC[C@H]1c1nn[nH]n1. The highest BCUT2D eigenvalue weighted by Crippen LogP contribution is 2.29. The number of aromatic nitrogens is 4. The molecule has 1 aliphatic heterocycles. The second kappa shape index (κ2) is 5.84. The maximum Gasteiger partial charge on any atom is 0.247 e. The van der Waals surface area contributed by atoms with Gasteiger partial charge in [-0.2, -0.15) is 5.21 Å². The quantitative estimate of drug-likeness (QED) is 0.859. The Labute approximate surface area is 128 Å². The van der Waals surface area contributed by atoms with Crippen LogP contribution in [0.25, 0.3) is 6.08 Å². The van der Waals surface area contributed by atoms with E-state index in [0.717, 1.165) is 28.0 Å². The number of carbonyl (C=O) groups is 1. The third kappa shape index (κ3) is 2.80. The van der Waals surface area contributed by atoms with Gasteiger partial charge in [0.2, 0.25) is 5.91 Å². The minimum atomic E-state index is -0.0685. The Bertz CT molecular complexity index is 624. The summed E-state index contributed by atoms with van der Waals surface area (Å²) in [4.78, 5) is 15.1. The van der Waals surface area contributed by atoms with Crippen molar-refractivity contribution in [3.05, 3.63) is 32.7 Å². The third-order valence-electron chi connectivity index (χ3n) is 3.18. The molecule has 0 bridgehead atoms. The summed E-state index contributed by atoms with van der Waals surface area (Å²) >= 11 is 4.99. The second-order valence-corrected chi connectivity index (χ2v) is 6.93. The molecule has 0 aliphatic carbocycles. The Kier molecular flexibility index (Phi) is 3.93. The lowest BCUT2D eigenvalue weighted by atomic mass is 10.2. The molecule has 0 saturated carbocycles. The van der Waals surface area contributed by atoms with Gasteiger partial charge >= 0.3 is 0 Å². The Morgan fingerprint density at radius 3 is 3.15 bits per heavy atom. The van der Waals surface area contributed by atoms with Crippen molar-refractivity contribution in [2.24, 2.45) is 0 Å². The number of tetrazole rings is 1. The van der Waals surface area contributed by atoms with Crippen LogP contribution in [0.1, 0.15) is 29.6 Å². The first-order chi connectivity index (χ1) is 9.74. The van der Waals surface area contributed by atoms with E-state index < -0.39 is 0 Å². The Hall–Kier alpha value is -1.54. The fraction of sp³-hybridized carbons (Fsp3) is 0.333. The number of likely N-dealkylation sites (tertiary alicyclic amines) is 1. The first-order valence-corrected chi connectivity index (χ1v) is 7.82. The molecule has 1 saturated heterocycles. The van der Waals surface area contributed by atoms with Gasteiger partial charge in [0.05, 0.1) is 9.83 Å². The molecule has 2 aromatic rings. The lowest BCUT2D eigenvalue weighted by Gasteiger charge is -2.20. The van der Waals surface area contributed by atoms with E-state index >= 15 is 0 Å². The van der Waals surface area contributed by atoms with Gasteiger partial charge in [-0.1, -0.05) is 5.21 Å². The number of hydrogen-bond acceptors (Lipinski definition) is 5. The number of hydrogen-bond donors (Lipinski definition) is 1. The highest BCUT2D eigenvalue weighted by Gasteiger charge is 2.31. The van der Waals surface area contributed by atoms with E-state index in [2.05, 4.69) is 36.6 Å². The lowest BCUT2D eigenvalue weighted by molar-refractivity contribution is -0.127. The summed E-state index contributed by atoms with van der Waals surface area (Å²) in [5, 5.41) is 14.0. The highest BCUT2D eigenvalue weighted by atomic mass is 79.9. The van der Waals surface area contributed by atoms with Crippen molar-refractivity contribution in [2.45, 2.75) is 18.9 Å². The first kappa shape index (κ1) is 13.4. The fourth-order valence-corrected chi connectivity index (χ4v) is 3.60. The van der Waals surface area contributed by atoms with E-state index in [0.29, 0.717) is 5.82 Å². The maximum atomic E-state index is 12.3. The molecule has 1 fully saturated rings. The molecule has 1 atom stereocenters. The molecule has 6 nitrogen and oxygen atoms in total. The lowest BCUT2D eigenvalue weighted by Crippen LogP contribution is -2.29. The van der Waals surface area contributed by atoms with Crippen molar-refractivity contribution in [1.82, 2.24) is 25.5 Å². The van der Waals surface area contributed by atoms with E-state index in [1.54, 1.807) is 22.3 Å². The molecular weight excluding hydrogens is 342 g/mol. The van der Waals surface area contributed by atoms with Crippen LogP contribution >= 0.6 is 27.3 Å². The van der Waals surface area contributed by atoms with E-state index in [1.165, 1.54) is 0 Å². The molecule has 0 unspecified atom stereocenters. The molecule has 0 radical (unpaired) electrons. The fourth-order valence-electron chi connectivity index (χ4n) is 2.28. The van der Waals surface area contributed by atoms with Crippen molar-refractivity contribution in [3.8, 4) is 0 Å². The Balaban J connectivity index is 1.71. The predicted molar refractivity (Wildman–Crippen MR) is 78.9 cm³/mol. The minimum Gasteiger partial charge on any atom is -0.329 e. The number of thiophene rings is 1. The van der Waals surface area contributed by atoms with Crippen LogP contribution in [-0.2, 0) is 4.79 Å². The number of H-pyrrole nitrogens is 1. The summed E-state index contributed by atoms with van der Waals surface area (Å²) < 4.78 is 1.05. The molecule has 1 N–H and O–H groups in total. The number of amides is 1. The summed E-state index contributed by atoms with van der Waals surface area (Å²) in [6.45, 7) is 0.733. The van der Waals surface area contributed by atoms with E-state index in [9.17, 15) is 4.79 Å². The van der Waals surface area contributed by atoms with E-state index in [-0.39, 0.29) is 11.9 Å². The highest BCUT2D eigenvalue weighted by molar-refractivity contribution is 9.11. The number of nitrogens with zero attached hydrogens (tertiary/aromatic N) is 4. The Morgan fingerprint density at radius 2 is 2.45 bits per heavy atom. The monoisotopic (exact) mass is 353 g/mol. The number of rotatable bonds is 3. The summed E-state index contributed by atoms with van der Waals surface area (Å²) in [5.74, 6) is 0.574. The molecule has 20 heavy (non-hydrogen) atoms. The first-order valence-electron chi connectivity index (χ1n) is 6.21. The number of halogens is 1. The summed E-state index contributed by atoms with van der Waals surface area (Å²) in [6, 6.07) is 3.87. The van der Waals surface area contributed by atoms with Gasteiger partial charge in [0.25, 0.3) is 0 Å². The van der Waals surface area contributed by atoms with Crippen molar-refractivity contribution < 1.29 is 4.79 Å². The summed E-state index contributed by atoms with van der Waals surface area (Å²) in [5.41, 5.74) is 0. The Morgan fingerprint density at radius 1 is 1.55 bits per heavy atom. The second-order valence-electron chi connectivity index (χ2n) is 4.43. The van der Waals surface area contributed by atoms with Crippen LogP contribution in [0.2, 0.25) is 0 Å². The zero-order valence-electron chi connectivity index (χ0n) is 10.5. The standard InChI is InChI=1S/C12H12BrN5OS/c13-10-5-3-8(20-10)4-6-11(19)18-7-1-2-9(18)12-14-16-17-15-12/h3-6,9H,1-2,7H2,(H,14,15,16,17)/b6-4+/t9-/m0/s1. The van der Waals surface area contributed by atoms with E-state index in [1.807, 2.05) is 18.2 Å². The summed E-state index contributed by atoms with van der Waals surface area (Å²) in [6.07, 6.45) is 5.28. The molecule has 1 aliphatic rings. The van der Waals surface area contributed by atoms with Crippen LogP contribution in [0, 0.1) is 0 Å². The third-order valence-corrected chi connectivity index (χ3v) is 4.77. The van der Waals surface area contributed by atoms with Crippen LogP contribution < -0.4 is 0 Å². The molecular formula is C12H12BrN5OS. The van der Waals surface area contributed by atoms with Crippen LogP contribution in [0.3, 0.4) is 0 Å². The largest absolute Gasteiger partial charge is 0.329 e. The molecule has 3 heterocycles. The van der Waals surface area contributed by atoms with Crippen LogP contribution in [0.5, 0.6) is 0 Å². The molecule has 2 aromatic heterocycles. The maximum absolute atomic E-state index is 12.3. The molecule has 8 heteroatoms. The van der Waals surface area contributed by atoms with E-state index in [4.69, 9.17) is 0 Å². The van der Waals surface area contributed by atoms with Gasteiger partial charge in [0.15, 0.2) is 5.82 Å². The van der Waals surface area contributed by atoms with Gasteiger partial charge < -0.3 is 4.90 Å². The average molecular weight is 354 g/mol. The van der Waals surface area contributed by atoms with Gasteiger partial charge in [-0.3, -0.25) is 4.79 Å². The van der Waals surface area contributed by atoms with Gasteiger partial charge in [0.1, 0.15) is 0 Å². The molecule has 3 rings (SSSR count). The molecule has 1 amide bonds. The van der Waals surface area contributed by atoms with Gasteiger partial charge in [-0.15, -0.1) is 21.5 Å². The normalized spacial score (nSPS) is 19.1. The van der Waals surface area contributed by atoms with Gasteiger partial charge in [0, 0.05) is 17.5 Å². The molecule has 0 aromatic carbocycles.